The number of ether oxygens (including phenoxy) is 1. The highest BCUT2D eigenvalue weighted by atomic mass is 16.5. The molecule has 0 unspecified atom stereocenters. The average Bonchev–Trinajstić information content (AvgIpc) is 2.51. The van der Waals surface area contributed by atoms with E-state index in [1.165, 1.54) is 0 Å². The van der Waals surface area contributed by atoms with E-state index in [1.807, 2.05) is 13.8 Å². The van der Waals surface area contributed by atoms with E-state index in [0.717, 1.165) is 25.7 Å². The van der Waals surface area contributed by atoms with Gasteiger partial charge in [-0.15, -0.1) is 0 Å². The van der Waals surface area contributed by atoms with Crippen LogP contribution in [0.15, 0.2) is 24.3 Å². The lowest BCUT2D eigenvalue weighted by Gasteiger charge is -2.21. The highest BCUT2D eigenvalue weighted by Gasteiger charge is 2.18. The second-order valence-electron chi connectivity index (χ2n) is 6.63. The quantitative estimate of drug-likeness (QED) is 0.307. The van der Waals surface area contributed by atoms with Gasteiger partial charge in [0.2, 0.25) is 0 Å². The first-order chi connectivity index (χ1) is 10.7. The summed E-state index contributed by atoms with van der Waals surface area (Å²) in [6.45, 7) is 11.5. The molecule has 0 aromatic heterocycles. The van der Waals surface area contributed by atoms with Crippen LogP contribution in [0.1, 0.15) is 58.8 Å². The molecule has 0 aromatic carbocycles. The predicted molar refractivity (Wildman–Crippen MR) is 90.1 cm³/mol. The van der Waals surface area contributed by atoms with Crippen molar-refractivity contribution in [1.82, 2.24) is 0 Å². The fraction of sp³-hybridized carbons (Fsp3) is 0.667. The molecule has 0 heterocycles. The number of hydrogen-bond acceptors (Lipinski definition) is 4. The van der Waals surface area contributed by atoms with Gasteiger partial charge in [0.05, 0.1) is 6.61 Å². The Morgan fingerprint density at radius 3 is 2.17 bits per heavy atom. The van der Waals surface area contributed by atoms with Crippen molar-refractivity contribution in [3.63, 3.8) is 0 Å². The molecule has 132 valence electrons. The van der Waals surface area contributed by atoms with E-state index in [1.54, 1.807) is 0 Å². The second-order valence-corrected chi connectivity index (χ2v) is 6.63. The van der Waals surface area contributed by atoms with Gasteiger partial charge >= 0.3 is 11.9 Å². The molecule has 0 fully saturated rings. The topological polar surface area (TPSA) is 83.8 Å². The van der Waals surface area contributed by atoms with Crippen molar-refractivity contribution < 1.29 is 24.5 Å². The van der Waals surface area contributed by atoms with Crippen LogP contribution in [-0.4, -0.2) is 35.4 Å². The molecular formula is C18H30O5. The van der Waals surface area contributed by atoms with Crippen LogP contribution in [0.5, 0.6) is 0 Å². The molecule has 0 radical (unpaired) electrons. The summed E-state index contributed by atoms with van der Waals surface area (Å²) in [6, 6.07) is 0. The SMILES string of the molecule is C=C(CCCCCCOC(=O)C(=C)CCC(C)(C)CO)C(=O)O. The normalized spacial score (nSPS) is 11.1. The summed E-state index contributed by atoms with van der Waals surface area (Å²) in [4.78, 5) is 22.3. The van der Waals surface area contributed by atoms with Gasteiger partial charge < -0.3 is 14.9 Å². The Morgan fingerprint density at radius 2 is 1.61 bits per heavy atom. The summed E-state index contributed by atoms with van der Waals surface area (Å²) < 4.78 is 5.16. The van der Waals surface area contributed by atoms with Gasteiger partial charge in [-0.2, -0.15) is 0 Å². The summed E-state index contributed by atoms with van der Waals surface area (Å²) in [6.07, 6.45) is 4.99. The molecule has 0 atom stereocenters. The number of aliphatic carboxylic acids is 1. The van der Waals surface area contributed by atoms with Crippen LogP contribution in [0.3, 0.4) is 0 Å². The summed E-state index contributed by atoms with van der Waals surface area (Å²) in [5.41, 5.74) is 0.450. The van der Waals surface area contributed by atoms with Crippen molar-refractivity contribution in [3.05, 3.63) is 24.3 Å². The number of esters is 1. The third kappa shape index (κ3) is 10.7. The van der Waals surface area contributed by atoms with Gasteiger partial charge in [-0.25, -0.2) is 9.59 Å². The Hall–Kier alpha value is -1.62. The number of hydrogen-bond donors (Lipinski definition) is 2. The van der Waals surface area contributed by atoms with Crippen molar-refractivity contribution in [3.8, 4) is 0 Å². The molecule has 0 amide bonds. The average molecular weight is 326 g/mol. The molecular weight excluding hydrogens is 296 g/mol. The highest BCUT2D eigenvalue weighted by molar-refractivity contribution is 5.87. The first-order valence-corrected chi connectivity index (χ1v) is 8.06. The Balaban J connectivity index is 3.69. The fourth-order valence-electron chi connectivity index (χ4n) is 1.84. The van der Waals surface area contributed by atoms with Gasteiger partial charge in [0, 0.05) is 17.8 Å². The van der Waals surface area contributed by atoms with E-state index in [4.69, 9.17) is 9.84 Å². The zero-order chi connectivity index (χ0) is 17.9. The van der Waals surface area contributed by atoms with E-state index in [9.17, 15) is 14.7 Å². The molecule has 0 spiro atoms. The number of aliphatic hydroxyl groups is 1. The number of carboxylic acids is 1. The van der Waals surface area contributed by atoms with Crippen LogP contribution < -0.4 is 0 Å². The minimum Gasteiger partial charge on any atom is -0.478 e. The summed E-state index contributed by atoms with van der Waals surface area (Å²) in [7, 11) is 0. The van der Waals surface area contributed by atoms with E-state index < -0.39 is 5.97 Å². The number of aliphatic hydroxyl groups excluding tert-OH is 1. The molecule has 0 aliphatic rings. The Kier molecular flexibility index (Phi) is 10.2. The number of unbranched alkanes of at least 4 members (excludes halogenated alkanes) is 3. The van der Waals surface area contributed by atoms with Crippen LogP contribution >= 0.6 is 0 Å². The van der Waals surface area contributed by atoms with Crippen LogP contribution in [0.25, 0.3) is 0 Å². The highest BCUT2D eigenvalue weighted by Crippen LogP contribution is 2.23. The third-order valence-electron chi connectivity index (χ3n) is 3.73. The van der Waals surface area contributed by atoms with Gasteiger partial charge in [0.25, 0.3) is 0 Å². The largest absolute Gasteiger partial charge is 0.478 e. The van der Waals surface area contributed by atoms with Crippen LogP contribution in [-0.2, 0) is 14.3 Å². The zero-order valence-electron chi connectivity index (χ0n) is 14.4. The summed E-state index contributed by atoms with van der Waals surface area (Å²) >= 11 is 0. The van der Waals surface area contributed by atoms with Crippen LogP contribution in [0, 0.1) is 5.41 Å². The second kappa shape index (κ2) is 11.0. The van der Waals surface area contributed by atoms with Crippen LogP contribution in [0.4, 0.5) is 0 Å². The first kappa shape index (κ1) is 21.4. The van der Waals surface area contributed by atoms with Gasteiger partial charge in [-0.3, -0.25) is 0 Å². The zero-order valence-corrected chi connectivity index (χ0v) is 14.4. The van der Waals surface area contributed by atoms with E-state index >= 15 is 0 Å². The Morgan fingerprint density at radius 1 is 1.00 bits per heavy atom. The minimum atomic E-state index is -0.943. The maximum atomic E-state index is 11.7. The standard InChI is InChI=1S/C18H30O5/c1-14(16(20)21)9-7-5-6-8-12-23-17(22)15(2)10-11-18(3,4)13-19/h19H,1-2,5-13H2,3-4H3,(H,20,21). The van der Waals surface area contributed by atoms with E-state index in [-0.39, 0.29) is 23.6 Å². The molecule has 0 aliphatic carbocycles. The molecule has 0 aliphatic heterocycles. The molecule has 0 saturated heterocycles. The summed E-state index contributed by atoms with van der Waals surface area (Å²) in [5, 5.41) is 17.8. The fourth-order valence-corrected chi connectivity index (χ4v) is 1.84. The maximum absolute atomic E-state index is 11.7. The van der Waals surface area contributed by atoms with Crippen molar-refractivity contribution in [2.75, 3.05) is 13.2 Å². The molecule has 2 N–H and O–H groups in total. The molecule has 23 heavy (non-hydrogen) atoms. The van der Waals surface area contributed by atoms with Crippen molar-refractivity contribution in [2.24, 2.45) is 5.41 Å². The van der Waals surface area contributed by atoms with Crippen molar-refractivity contribution in [2.45, 2.75) is 58.8 Å². The molecule has 0 rings (SSSR count). The van der Waals surface area contributed by atoms with Crippen molar-refractivity contribution >= 4 is 11.9 Å². The molecule has 0 aromatic rings. The molecule has 0 bridgehead atoms. The number of rotatable bonds is 13. The monoisotopic (exact) mass is 326 g/mol. The molecule has 5 nitrogen and oxygen atoms in total. The number of carboxylic acid groups (broad SMARTS) is 1. The lowest BCUT2D eigenvalue weighted by molar-refractivity contribution is -0.139. The summed E-state index contributed by atoms with van der Waals surface area (Å²) in [5.74, 6) is -1.32. The molecule has 5 heteroatoms. The number of carbonyl (C=O) groups excluding carboxylic acids is 1. The third-order valence-corrected chi connectivity index (χ3v) is 3.73. The minimum absolute atomic E-state index is 0.0730. The Labute approximate surface area is 139 Å². The van der Waals surface area contributed by atoms with Gasteiger partial charge in [0.15, 0.2) is 0 Å². The number of carbonyl (C=O) groups is 2. The van der Waals surface area contributed by atoms with Crippen LogP contribution in [0.2, 0.25) is 0 Å². The van der Waals surface area contributed by atoms with E-state index in [2.05, 4.69) is 13.2 Å². The molecule has 0 saturated carbocycles. The van der Waals surface area contributed by atoms with Gasteiger partial charge in [-0.05, 0) is 37.5 Å². The predicted octanol–water partition coefficient (Wildman–Crippen LogP) is 3.48. The van der Waals surface area contributed by atoms with E-state index in [0.29, 0.717) is 31.4 Å². The lowest BCUT2D eigenvalue weighted by atomic mass is 9.87. The van der Waals surface area contributed by atoms with Gasteiger partial charge in [-0.1, -0.05) is 39.8 Å². The first-order valence-electron chi connectivity index (χ1n) is 8.06. The van der Waals surface area contributed by atoms with Gasteiger partial charge in [0.1, 0.15) is 0 Å². The Bertz CT molecular complexity index is 423. The smallest absolute Gasteiger partial charge is 0.333 e. The van der Waals surface area contributed by atoms with Crippen molar-refractivity contribution in [1.29, 1.82) is 0 Å². The maximum Gasteiger partial charge on any atom is 0.333 e. The lowest BCUT2D eigenvalue weighted by Crippen LogP contribution is -2.18.